The third-order valence-corrected chi connectivity index (χ3v) is 2.50. The fourth-order valence-electron chi connectivity index (χ4n) is 0.596. The third kappa shape index (κ3) is 4.56. The second kappa shape index (κ2) is 3.19. The van der Waals surface area contributed by atoms with Crippen molar-refractivity contribution in [3.05, 3.63) is 12.2 Å². The van der Waals surface area contributed by atoms with E-state index in [1.165, 1.54) is 6.26 Å². The summed E-state index contributed by atoms with van der Waals surface area (Å²) < 4.78 is 21.4. The molecular formula is C7H14O2S. The Kier molecular flexibility index (Phi) is 3.09. The van der Waals surface area contributed by atoms with E-state index in [1.54, 1.807) is 0 Å². The minimum atomic E-state index is -2.83. The van der Waals surface area contributed by atoms with Crippen LogP contribution in [-0.4, -0.2) is 20.4 Å². The highest BCUT2D eigenvalue weighted by Crippen LogP contribution is 2.08. The predicted octanol–water partition coefficient (Wildman–Crippen LogP) is 1.24. The molecule has 0 rings (SSSR count). The molecule has 0 aromatic heterocycles. The van der Waals surface area contributed by atoms with E-state index in [9.17, 15) is 8.42 Å². The Labute approximate surface area is 62.9 Å². The van der Waals surface area contributed by atoms with Gasteiger partial charge in [-0.1, -0.05) is 19.1 Å². The van der Waals surface area contributed by atoms with Gasteiger partial charge in [0.1, 0.15) is 9.84 Å². The van der Waals surface area contributed by atoms with Crippen LogP contribution < -0.4 is 0 Å². The van der Waals surface area contributed by atoms with Crippen molar-refractivity contribution >= 4 is 9.84 Å². The van der Waals surface area contributed by atoms with Gasteiger partial charge in [0.2, 0.25) is 0 Å². The van der Waals surface area contributed by atoms with E-state index in [4.69, 9.17) is 0 Å². The molecule has 0 aliphatic heterocycles. The van der Waals surface area contributed by atoms with Crippen LogP contribution in [0.25, 0.3) is 0 Å². The second-order valence-corrected chi connectivity index (χ2v) is 5.02. The van der Waals surface area contributed by atoms with Gasteiger partial charge in [0, 0.05) is 6.26 Å². The number of hydrogen-bond donors (Lipinski definition) is 0. The van der Waals surface area contributed by atoms with Gasteiger partial charge in [-0.2, -0.15) is 0 Å². The lowest BCUT2D eigenvalue weighted by molar-refractivity contribution is 0.591. The van der Waals surface area contributed by atoms with Gasteiger partial charge < -0.3 is 0 Å². The topological polar surface area (TPSA) is 34.1 Å². The molecule has 0 spiro atoms. The highest BCUT2D eigenvalue weighted by molar-refractivity contribution is 7.90. The minimum Gasteiger partial charge on any atom is -0.229 e. The zero-order valence-electron chi connectivity index (χ0n) is 6.72. The largest absolute Gasteiger partial charge is 0.229 e. The monoisotopic (exact) mass is 162 g/mol. The maximum atomic E-state index is 10.7. The van der Waals surface area contributed by atoms with Crippen LogP contribution in [0, 0.1) is 5.92 Å². The van der Waals surface area contributed by atoms with E-state index < -0.39 is 9.84 Å². The standard InChI is InChI=1S/C7H14O2S/c1-6(2)7(3)5-10(4,8)9/h7H,1,5H2,2-4H3. The Morgan fingerprint density at radius 3 is 2.10 bits per heavy atom. The zero-order chi connectivity index (χ0) is 8.36. The fraction of sp³-hybridized carbons (Fsp3) is 0.714. The maximum Gasteiger partial charge on any atom is 0.148 e. The minimum absolute atomic E-state index is 0.0787. The lowest BCUT2D eigenvalue weighted by Gasteiger charge is -2.07. The van der Waals surface area contributed by atoms with Crippen molar-refractivity contribution in [2.75, 3.05) is 12.0 Å². The molecule has 1 unspecified atom stereocenters. The van der Waals surface area contributed by atoms with Crippen molar-refractivity contribution in [3.8, 4) is 0 Å². The molecule has 0 radical (unpaired) electrons. The average Bonchev–Trinajstić information content (AvgIpc) is 1.60. The van der Waals surface area contributed by atoms with Crippen molar-refractivity contribution in [2.24, 2.45) is 5.92 Å². The van der Waals surface area contributed by atoms with Crippen LogP contribution in [0.3, 0.4) is 0 Å². The van der Waals surface area contributed by atoms with Crippen LogP contribution in [0.15, 0.2) is 12.2 Å². The molecule has 3 heteroatoms. The summed E-state index contributed by atoms with van der Waals surface area (Å²) in [4.78, 5) is 0. The summed E-state index contributed by atoms with van der Waals surface area (Å²) in [5.74, 6) is 0.289. The van der Waals surface area contributed by atoms with Gasteiger partial charge in [0.25, 0.3) is 0 Å². The Morgan fingerprint density at radius 1 is 1.60 bits per heavy atom. The molecule has 0 aliphatic rings. The molecule has 0 aliphatic carbocycles. The van der Waals surface area contributed by atoms with Crippen LogP contribution in [-0.2, 0) is 9.84 Å². The molecule has 0 heterocycles. The lowest BCUT2D eigenvalue weighted by Crippen LogP contribution is -2.12. The second-order valence-electron chi connectivity index (χ2n) is 2.84. The van der Waals surface area contributed by atoms with Crippen molar-refractivity contribution in [3.63, 3.8) is 0 Å². The number of sulfone groups is 1. The Bertz CT molecular complexity index is 214. The summed E-state index contributed by atoms with van der Waals surface area (Å²) in [6, 6.07) is 0. The van der Waals surface area contributed by atoms with E-state index in [-0.39, 0.29) is 11.7 Å². The quantitative estimate of drug-likeness (QED) is 0.585. The molecule has 0 N–H and O–H groups in total. The number of allylic oxidation sites excluding steroid dienone is 1. The first-order valence-corrected chi connectivity index (χ1v) is 5.22. The summed E-state index contributed by atoms with van der Waals surface area (Å²) in [6.07, 6.45) is 1.24. The summed E-state index contributed by atoms with van der Waals surface area (Å²) in [7, 11) is -2.83. The first kappa shape index (κ1) is 9.69. The molecule has 0 amide bonds. The van der Waals surface area contributed by atoms with Gasteiger partial charge in [-0.15, -0.1) is 0 Å². The molecular weight excluding hydrogens is 148 g/mol. The summed E-state index contributed by atoms with van der Waals surface area (Å²) in [5.41, 5.74) is 0.922. The van der Waals surface area contributed by atoms with E-state index in [0.717, 1.165) is 5.57 Å². The van der Waals surface area contributed by atoms with Crippen molar-refractivity contribution < 1.29 is 8.42 Å². The van der Waals surface area contributed by atoms with Crippen LogP contribution in [0.5, 0.6) is 0 Å². The van der Waals surface area contributed by atoms with Gasteiger partial charge in [0.05, 0.1) is 5.75 Å². The highest BCUT2D eigenvalue weighted by atomic mass is 32.2. The molecule has 2 nitrogen and oxygen atoms in total. The molecule has 0 saturated heterocycles. The first-order chi connectivity index (χ1) is 4.33. The number of rotatable bonds is 3. The maximum absolute atomic E-state index is 10.7. The SMILES string of the molecule is C=C(C)C(C)CS(C)(=O)=O. The van der Waals surface area contributed by atoms with E-state index >= 15 is 0 Å². The van der Waals surface area contributed by atoms with Crippen molar-refractivity contribution in [1.29, 1.82) is 0 Å². The van der Waals surface area contributed by atoms with Crippen LogP contribution in [0.2, 0.25) is 0 Å². The molecule has 10 heavy (non-hydrogen) atoms. The first-order valence-electron chi connectivity index (χ1n) is 3.16. The zero-order valence-corrected chi connectivity index (χ0v) is 7.53. The van der Waals surface area contributed by atoms with E-state index in [2.05, 4.69) is 6.58 Å². The fourth-order valence-corrected chi connectivity index (χ4v) is 1.79. The predicted molar refractivity (Wildman–Crippen MR) is 43.7 cm³/mol. The Hall–Kier alpha value is -0.310. The van der Waals surface area contributed by atoms with E-state index in [0.29, 0.717) is 0 Å². The van der Waals surface area contributed by atoms with Gasteiger partial charge >= 0.3 is 0 Å². The summed E-state index contributed by atoms with van der Waals surface area (Å²) in [5, 5.41) is 0. The summed E-state index contributed by atoms with van der Waals surface area (Å²) >= 11 is 0. The average molecular weight is 162 g/mol. The molecule has 1 atom stereocenters. The van der Waals surface area contributed by atoms with Crippen LogP contribution >= 0.6 is 0 Å². The van der Waals surface area contributed by atoms with Crippen molar-refractivity contribution in [2.45, 2.75) is 13.8 Å². The highest BCUT2D eigenvalue weighted by Gasteiger charge is 2.09. The molecule has 0 saturated carbocycles. The van der Waals surface area contributed by atoms with Crippen LogP contribution in [0.4, 0.5) is 0 Å². The van der Waals surface area contributed by atoms with Gasteiger partial charge in [-0.3, -0.25) is 0 Å². The van der Waals surface area contributed by atoms with Gasteiger partial charge in [0.15, 0.2) is 0 Å². The Balaban J connectivity index is 4.06. The van der Waals surface area contributed by atoms with Crippen LogP contribution in [0.1, 0.15) is 13.8 Å². The molecule has 60 valence electrons. The van der Waals surface area contributed by atoms with E-state index in [1.807, 2.05) is 13.8 Å². The molecule has 0 bridgehead atoms. The molecule has 0 aromatic carbocycles. The van der Waals surface area contributed by atoms with Crippen molar-refractivity contribution in [1.82, 2.24) is 0 Å². The Morgan fingerprint density at radius 2 is 2.00 bits per heavy atom. The van der Waals surface area contributed by atoms with Gasteiger partial charge in [-0.25, -0.2) is 8.42 Å². The molecule has 0 aromatic rings. The normalized spacial score (nSPS) is 14.7. The summed E-state index contributed by atoms with van der Waals surface area (Å²) in [6.45, 7) is 7.38. The third-order valence-electron chi connectivity index (χ3n) is 1.39. The number of hydrogen-bond acceptors (Lipinski definition) is 2. The molecule has 0 fully saturated rings. The smallest absolute Gasteiger partial charge is 0.148 e. The van der Waals surface area contributed by atoms with Gasteiger partial charge in [-0.05, 0) is 12.8 Å². The lowest BCUT2D eigenvalue weighted by atomic mass is 10.1.